The highest BCUT2D eigenvalue weighted by atomic mass is 32.2. The predicted molar refractivity (Wildman–Crippen MR) is 115 cm³/mol. The molecular formula is C22H23N4O3S+. The van der Waals surface area contributed by atoms with Crippen LogP contribution in [-0.4, -0.2) is 17.8 Å². The fourth-order valence-corrected chi connectivity index (χ4v) is 4.94. The number of sulfone groups is 1. The number of anilines is 1. The van der Waals surface area contributed by atoms with E-state index in [1.807, 2.05) is 19.9 Å². The van der Waals surface area contributed by atoms with E-state index in [1.54, 1.807) is 35.0 Å². The van der Waals surface area contributed by atoms with Gasteiger partial charge in [0.2, 0.25) is 21.3 Å². The maximum absolute atomic E-state index is 13.3. The lowest BCUT2D eigenvalue weighted by Gasteiger charge is -2.12. The molecule has 0 saturated heterocycles. The van der Waals surface area contributed by atoms with E-state index >= 15 is 0 Å². The molecule has 2 N–H and O–H groups in total. The number of aromatic nitrogens is 3. The summed E-state index contributed by atoms with van der Waals surface area (Å²) in [5, 5.41) is 0.220. The van der Waals surface area contributed by atoms with Crippen LogP contribution in [0.2, 0.25) is 0 Å². The van der Waals surface area contributed by atoms with Crippen LogP contribution in [-0.2, 0) is 16.4 Å². The first-order valence-electron chi connectivity index (χ1n) is 9.79. The SMILES string of the molecule is CCCC[n+]1c(N)c(S(=O)(=O)c2ccccc2)cc2c(=O)n3cc(C)ccc3nc21. The molecule has 30 heavy (non-hydrogen) atoms. The normalized spacial score (nSPS) is 11.9. The molecule has 0 aliphatic carbocycles. The van der Waals surface area contributed by atoms with Gasteiger partial charge in [-0.1, -0.05) is 42.6 Å². The number of nitrogen functional groups attached to an aromatic ring is 1. The average Bonchev–Trinajstić information content (AvgIpc) is 2.74. The van der Waals surface area contributed by atoms with Crippen LogP contribution in [0.4, 0.5) is 5.82 Å². The fraction of sp³-hybridized carbons (Fsp3) is 0.227. The zero-order valence-electron chi connectivity index (χ0n) is 16.9. The second kappa shape index (κ2) is 7.53. The van der Waals surface area contributed by atoms with E-state index in [4.69, 9.17) is 5.73 Å². The third-order valence-electron chi connectivity index (χ3n) is 5.14. The molecule has 8 heteroatoms. The minimum atomic E-state index is -3.91. The van der Waals surface area contributed by atoms with E-state index in [1.165, 1.54) is 22.6 Å². The van der Waals surface area contributed by atoms with Crippen LogP contribution in [0.5, 0.6) is 0 Å². The minimum Gasteiger partial charge on any atom is -0.317 e. The second-order valence-electron chi connectivity index (χ2n) is 7.30. The van der Waals surface area contributed by atoms with Crippen molar-refractivity contribution in [2.75, 3.05) is 5.73 Å². The van der Waals surface area contributed by atoms with E-state index in [9.17, 15) is 13.2 Å². The lowest BCUT2D eigenvalue weighted by molar-refractivity contribution is -0.660. The molecule has 4 aromatic rings. The van der Waals surface area contributed by atoms with Crippen molar-refractivity contribution in [2.45, 2.75) is 43.0 Å². The molecule has 0 amide bonds. The molecule has 3 heterocycles. The molecule has 0 unspecified atom stereocenters. The van der Waals surface area contributed by atoms with Crippen LogP contribution >= 0.6 is 0 Å². The van der Waals surface area contributed by atoms with E-state index in [0.29, 0.717) is 17.8 Å². The molecule has 0 saturated carbocycles. The molecule has 0 aliphatic heterocycles. The Morgan fingerprint density at radius 1 is 1.13 bits per heavy atom. The maximum Gasteiger partial charge on any atom is 0.278 e. The molecule has 0 spiro atoms. The van der Waals surface area contributed by atoms with Crippen LogP contribution < -0.4 is 15.9 Å². The monoisotopic (exact) mass is 423 g/mol. The number of rotatable bonds is 5. The van der Waals surface area contributed by atoms with Crippen molar-refractivity contribution in [3.05, 3.63) is 70.6 Å². The Labute approximate surface area is 174 Å². The van der Waals surface area contributed by atoms with Crippen LogP contribution in [0, 0.1) is 6.92 Å². The Morgan fingerprint density at radius 3 is 2.57 bits per heavy atom. The summed E-state index contributed by atoms with van der Waals surface area (Å²) >= 11 is 0. The van der Waals surface area contributed by atoms with Gasteiger partial charge in [-0.3, -0.25) is 9.20 Å². The highest BCUT2D eigenvalue weighted by Crippen LogP contribution is 2.26. The number of aryl methyl sites for hydroxylation is 2. The third-order valence-corrected chi connectivity index (χ3v) is 6.94. The zero-order valence-corrected chi connectivity index (χ0v) is 17.7. The number of nitrogens with two attached hydrogens (primary N) is 1. The number of pyridine rings is 2. The zero-order chi connectivity index (χ0) is 21.5. The number of benzene rings is 1. The summed E-state index contributed by atoms with van der Waals surface area (Å²) in [5.74, 6) is 0.0863. The van der Waals surface area contributed by atoms with Gasteiger partial charge in [-0.15, -0.1) is 0 Å². The van der Waals surface area contributed by atoms with Gasteiger partial charge in [-0.2, -0.15) is 0 Å². The molecule has 0 atom stereocenters. The van der Waals surface area contributed by atoms with E-state index < -0.39 is 9.84 Å². The molecule has 4 rings (SSSR count). The van der Waals surface area contributed by atoms with Crippen molar-refractivity contribution >= 4 is 32.3 Å². The molecular weight excluding hydrogens is 400 g/mol. The first-order chi connectivity index (χ1) is 14.3. The van der Waals surface area contributed by atoms with Gasteiger partial charge in [0.15, 0.2) is 0 Å². The Hall–Kier alpha value is -3.26. The summed E-state index contributed by atoms with van der Waals surface area (Å²) in [6.45, 7) is 4.38. The lowest BCUT2D eigenvalue weighted by atomic mass is 10.2. The largest absolute Gasteiger partial charge is 0.317 e. The second-order valence-corrected chi connectivity index (χ2v) is 9.22. The molecule has 1 aromatic carbocycles. The van der Waals surface area contributed by atoms with E-state index in [-0.39, 0.29) is 26.6 Å². The van der Waals surface area contributed by atoms with Gasteiger partial charge in [0.1, 0.15) is 10.3 Å². The Morgan fingerprint density at radius 2 is 1.87 bits per heavy atom. The smallest absolute Gasteiger partial charge is 0.278 e. The third kappa shape index (κ3) is 3.23. The van der Waals surface area contributed by atoms with E-state index in [0.717, 1.165) is 18.4 Å². The highest BCUT2D eigenvalue weighted by molar-refractivity contribution is 7.91. The Balaban J connectivity index is 2.12. The Kier molecular flexibility index (Phi) is 5.03. The topological polar surface area (TPSA) is 98.4 Å². The number of hydrogen-bond acceptors (Lipinski definition) is 5. The number of unbranched alkanes of at least 4 members (excludes halogenated alkanes) is 1. The fourth-order valence-electron chi connectivity index (χ4n) is 3.52. The summed E-state index contributed by atoms with van der Waals surface area (Å²) in [6.07, 6.45) is 3.35. The molecule has 7 nitrogen and oxygen atoms in total. The van der Waals surface area contributed by atoms with Gasteiger partial charge in [-0.05, 0) is 43.2 Å². The van der Waals surface area contributed by atoms with E-state index in [2.05, 4.69) is 4.98 Å². The van der Waals surface area contributed by atoms with Crippen molar-refractivity contribution in [3.8, 4) is 0 Å². The van der Waals surface area contributed by atoms with Crippen molar-refractivity contribution in [1.82, 2.24) is 9.38 Å². The average molecular weight is 424 g/mol. The van der Waals surface area contributed by atoms with Gasteiger partial charge in [0, 0.05) is 6.20 Å². The van der Waals surface area contributed by atoms with Crippen molar-refractivity contribution < 1.29 is 13.0 Å². The standard InChI is InChI=1S/C22H22N4O3S/c1-3-4-12-25-20(23)18(30(28,29)16-8-6-5-7-9-16)13-17-21(25)24-19-11-10-15(2)14-26(19)22(17)27/h5-11,13-14,23H,3-4,12H2,1-2H3/p+1. The number of fused-ring (bicyclic) bond motifs is 2. The van der Waals surface area contributed by atoms with Gasteiger partial charge < -0.3 is 5.73 Å². The molecule has 0 radical (unpaired) electrons. The van der Waals surface area contributed by atoms with Gasteiger partial charge in [0.05, 0.1) is 11.4 Å². The summed E-state index contributed by atoms with van der Waals surface area (Å²) < 4.78 is 29.8. The quantitative estimate of drug-likeness (QED) is 0.393. The first-order valence-corrected chi connectivity index (χ1v) is 11.3. The predicted octanol–water partition coefficient (Wildman–Crippen LogP) is 2.66. The van der Waals surface area contributed by atoms with Crippen molar-refractivity contribution in [3.63, 3.8) is 0 Å². The van der Waals surface area contributed by atoms with Crippen molar-refractivity contribution in [1.29, 1.82) is 0 Å². The molecule has 0 aliphatic rings. The molecule has 0 fully saturated rings. The maximum atomic E-state index is 13.3. The van der Waals surface area contributed by atoms with Crippen molar-refractivity contribution in [2.24, 2.45) is 0 Å². The molecule has 3 aromatic heterocycles. The van der Waals surface area contributed by atoms with Crippen LogP contribution in [0.3, 0.4) is 0 Å². The molecule has 154 valence electrons. The number of hydrogen-bond donors (Lipinski definition) is 1. The minimum absolute atomic E-state index is 0.0798. The van der Waals surface area contributed by atoms with Gasteiger partial charge in [-0.25, -0.2) is 13.0 Å². The van der Waals surface area contributed by atoms with Crippen LogP contribution in [0.25, 0.3) is 16.7 Å². The first kappa shape index (κ1) is 20.0. The van der Waals surface area contributed by atoms with Crippen LogP contribution in [0.1, 0.15) is 25.3 Å². The van der Waals surface area contributed by atoms with Gasteiger partial charge in [0.25, 0.3) is 11.2 Å². The summed E-state index contributed by atoms with van der Waals surface area (Å²) in [4.78, 5) is 18.0. The summed E-state index contributed by atoms with van der Waals surface area (Å²) in [6, 6.07) is 13.1. The summed E-state index contributed by atoms with van der Waals surface area (Å²) in [7, 11) is -3.91. The molecule has 0 bridgehead atoms. The number of nitrogens with zero attached hydrogens (tertiary/aromatic N) is 3. The lowest BCUT2D eigenvalue weighted by Crippen LogP contribution is -2.41. The van der Waals surface area contributed by atoms with Gasteiger partial charge >= 0.3 is 0 Å². The highest BCUT2D eigenvalue weighted by Gasteiger charge is 2.29. The summed E-state index contributed by atoms with van der Waals surface area (Å²) in [5.41, 5.74) is 7.82. The van der Waals surface area contributed by atoms with Crippen LogP contribution in [0.15, 0.2) is 69.3 Å². The Bertz CT molecular complexity index is 1430.